The van der Waals surface area contributed by atoms with E-state index in [9.17, 15) is 13.2 Å². The van der Waals surface area contributed by atoms with Gasteiger partial charge in [-0.1, -0.05) is 91.0 Å². The first-order chi connectivity index (χ1) is 16.0. The van der Waals surface area contributed by atoms with Gasteiger partial charge in [0.25, 0.3) is 0 Å². The molecule has 0 radical (unpaired) electrons. The van der Waals surface area contributed by atoms with E-state index in [0.29, 0.717) is 19.6 Å². The fourth-order valence-electron chi connectivity index (χ4n) is 4.48. The summed E-state index contributed by atoms with van der Waals surface area (Å²) >= 11 is 0. The van der Waals surface area contributed by atoms with Gasteiger partial charge in [0.15, 0.2) is 9.84 Å². The van der Waals surface area contributed by atoms with Crippen LogP contribution in [-0.2, 0) is 14.6 Å². The highest BCUT2D eigenvalue weighted by Crippen LogP contribution is 2.28. The summed E-state index contributed by atoms with van der Waals surface area (Å²) in [6, 6.07) is 29.8. The maximum absolute atomic E-state index is 13.4. The maximum atomic E-state index is 13.4. The van der Waals surface area contributed by atoms with Crippen LogP contribution in [0.5, 0.6) is 0 Å². The quantitative estimate of drug-likeness (QED) is 0.553. The van der Waals surface area contributed by atoms with Gasteiger partial charge in [-0.2, -0.15) is 0 Å². The first kappa shape index (κ1) is 23.2. The Bertz CT molecular complexity index is 1080. The summed E-state index contributed by atoms with van der Waals surface area (Å²) in [5, 5.41) is 3.14. The smallest absolute Gasteiger partial charge is 0.241 e. The van der Waals surface area contributed by atoms with Gasteiger partial charge in [0.05, 0.1) is 11.5 Å². The molecular weight excluding hydrogens is 432 g/mol. The minimum absolute atomic E-state index is 0.0830. The molecule has 1 aliphatic rings. The minimum Gasteiger partial charge on any atom is -0.354 e. The Morgan fingerprint density at radius 1 is 0.758 bits per heavy atom. The highest BCUT2D eigenvalue weighted by atomic mass is 32.2. The molecular formula is C27H30N2O3S. The van der Waals surface area contributed by atoms with Crippen LogP contribution in [0.4, 0.5) is 0 Å². The summed E-state index contributed by atoms with van der Waals surface area (Å²) in [6.07, 6.45) is 0.773. The number of rotatable bonds is 8. The molecule has 0 aromatic heterocycles. The molecule has 4 rings (SSSR count). The Morgan fingerprint density at radius 2 is 1.21 bits per heavy atom. The van der Waals surface area contributed by atoms with Crippen LogP contribution in [0.2, 0.25) is 0 Å². The molecule has 0 bridgehead atoms. The monoisotopic (exact) mass is 462 g/mol. The molecule has 3 aromatic carbocycles. The first-order valence-electron chi connectivity index (χ1n) is 11.4. The van der Waals surface area contributed by atoms with Gasteiger partial charge in [-0.3, -0.25) is 9.69 Å². The summed E-state index contributed by atoms with van der Waals surface area (Å²) in [5.74, 6) is 0.282. The Balaban J connectivity index is 1.47. The molecule has 6 heteroatoms. The molecule has 1 aliphatic heterocycles. The standard InChI is InChI=1S/C27H30N2O3S/c30-27(26(24-14-8-3-9-15-24)29-18-20-33(31,32)21-19-29)28-17-16-25(22-10-4-1-5-11-22)23-12-6-2-7-13-23/h1-15,25-26H,16-21H2,(H,28,30). The number of benzene rings is 3. The van der Waals surface area contributed by atoms with Crippen LogP contribution in [0.25, 0.3) is 0 Å². The summed E-state index contributed by atoms with van der Waals surface area (Å²) < 4.78 is 23.8. The van der Waals surface area contributed by atoms with Crippen LogP contribution in [0.15, 0.2) is 91.0 Å². The van der Waals surface area contributed by atoms with Crippen molar-refractivity contribution in [1.29, 1.82) is 0 Å². The molecule has 5 nitrogen and oxygen atoms in total. The van der Waals surface area contributed by atoms with Crippen LogP contribution in [-0.4, -0.2) is 50.4 Å². The predicted octanol–water partition coefficient (Wildman–Crippen LogP) is 3.80. The highest BCUT2D eigenvalue weighted by molar-refractivity contribution is 7.91. The van der Waals surface area contributed by atoms with E-state index in [2.05, 4.69) is 29.6 Å². The molecule has 33 heavy (non-hydrogen) atoms. The Labute approximate surface area is 196 Å². The Kier molecular flexibility index (Phi) is 7.57. The van der Waals surface area contributed by atoms with E-state index in [0.717, 1.165) is 12.0 Å². The van der Waals surface area contributed by atoms with Gasteiger partial charge >= 0.3 is 0 Å². The number of nitrogens with zero attached hydrogens (tertiary/aromatic N) is 1. The second-order valence-corrected chi connectivity index (χ2v) is 10.8. The molecule has 1 fully saturated rings. The highest BCUT2D eigenvalue weighted by Gasteiger charge is 2.32. The largest absolute Gasteiger partial charge is 0.354 e. The number of carbonyl (C=O) groups is 1. The zero-order valence-electron chi connectivity index (χ0n) is 18.6. The van der Waals surface area contributed by atoms with E-state index < -0.39 is 15.9 Å². The number of hydrogen-bond donors (Lipinski definition) is 1. The molecule has 1 atom stereocenters. The lowest BCUT2D eigenvalue weighted by Crippen LogP contribution is -2.47. The van der Waals surface area contributed by atoms with E-state index in [1.165, 1.54) is 11.1 Å². The average Bonchev–Trinajstić information content (AvgIpc) is 2.85. The van der Waals surface area contributed by atoms with Crippen LogP contribution >= 0.6 is 0 Å². The summed E-state index contributed by atoms with van der Waals surface area (Å²) in [7, 11) is -3.02. The number of hydrogen-bond acceptors (Lipinski definition) is 4. The van der Waals surface area contributed by atoms with Crippen molar-refractivity contribution in [3.8, 4) is 0 Å². The zero-order chi connectivity index (χ0) is 23.1. The van der Waals surface area contributed by atoms with Gasteiger partial charge in [0, 0.05) is 25.6 Å². The molecule has 0 aliphatic carbocycles. The van der Waals surface area contributed by atoms with Gasteiger partial charge in [-0.25, -0.2) is 8.42 Å². The summed E-state index contributed by atoms with van der Waals surface area (Å²) in [4.78, 5) is 15.3. The number of carbonyl (C=O) groups excluding carboxylic acids is 1. The molecule has 1 unspecified atom stereocenters. The summed E-state index contributed by atoms with van der Waals surface area (Å²) in [5.41, 5.74) is 3.33. The number of amides is 1. The molecule has 0 saturated carbocycles. The van der Waals surface area contributed by atoms with Crippen molar-refractivity contribution in [2.24, 2.45) is 0 Å². The van der Waals surface area contributed by atoms with E-state index in [4.69, 9.17) is 0 Å². The van der Waals surface area contributed by atoms with Crippen molar-refractivity contribution in [1.82, 2.24) is 10.2 Å². The van der Waals surface area contributed by atoms with E-state index >= 15 is 0 Å². The molecule has 1 amide bonds. The average molecular weight is 463 g/mol. The zero-order valence-corrected chi connectivity index (χ0v) is 19.5. The second kappa shape index (κ2) is 10.8. The van der Waals surface area contributed by atoms with Crippen LogP contribution in [0.1, 0.15) is 35.1 Å². The van der Waals surface area contributed by atoms with Gasteiger partial charge < -0.3 is 5.32 Å². The van der Waals surface area contributed by atoms with Crippen LogP contribution in [0.3, 0.4) is 0 Å². The fraction of sp³-hybridized carbons (Fsp3) is 0.296. The second-order valence-electron chi connectivity index (χ2n) is 8.45. The molecule has 1 N–H and O–H groups in total. The third-order valence-electron chi connectivity index (χ3n) is 6.24. The Morgan fingerprint density at radius 3 is 1.70 bits per heavy atom. The lowest BCUT2D eigenvalue weighted by molar-refractivity contribution is -0.126. The van der Waals surface area contributed by atoms with Gasteiger partial charge in [0.2, 0.25) is 5.91 Å². The fourth-order valence-corrected chi connectivity index (χ4v) is 5.71. The molecule has 1 heterocycles. The molecule has 3 aromatic rings. The molecule has 1 saturated heterocycles. The van der Waals surface area contributed by atoms with Crippen molar-refractivity contribution in [2.75, 3.05) is 31.1 Å². The van der Waals surface area contributed by atoms with E-state index in [1.54, 1.807) is 0 Å². The predicted molar refractivity (Wildman–Crippen MR) is 132 cm³/mol. The number of sulfone groups is 1. The van der Waals surface area contributed by atoms with Crippen molar-refractivity contribution in [3.63, 3.8) is 0 Å². The third-order valence-corrected chi connectivity index (χ3v) is 7.85. The maximum Gasteiger partial charge on any atom is 0.241 e. The normalized spacial score (nSPS) is 16.9. The SMILES string of the molecule is O=C(NCCC(c1ccccc1)c1ccccc1)C(c1ccccc1)N1CCS(=O)(=O)CC1. The van der Waals surface area contributed by atoms with E-state index in [1.807, 2.05) is 71.6 Å². The summed E-state index contributed by atoms with van der Waals surface area (Å²) in [6.45, 7) is 1.26. The first-order valence-corrected chi connectivity index (χ1v) is 13.2. The molecule has 172 valence electrons. The number of nitrogens with one attached hydrogen (secondary N) is 1. The van der Waals surface area contributed by atoms with Crippen molar-refractivity contribution >= 4 is 15.7 Å². The van der Waals surface area contributed by atoms with Crippen LogP contribution < -0.4 is 5.32 Å². The van der Waals surface area contributed by atoms with Gasteiger partial charge in [-0.15, -0.1) is 0 Å². The minimum atomic E-state index is -3.02. The van der Waals surface area contributed by atoms with E-state index in [-0.39, 0.29) is 23.3 Å². The lowest BCUT2D eigenvalue weighted by atomic mass is 9.88. The van der Waals surface area contributed by atoms with Crippen molar-refractivity contribution in [2.45, 2.75) is 18.4 Å². The topological polar surface area (TPSA) is 66.5 Å². The van der Waals surface area contributed by atoms with Crippen molar-refractivity contribution < 1.29 is 13.2 Å². The van der Waals surface area contributed by atoms with Gasteiger partial charge in [-0.05, 0) is 23.1 Å². The lowest BCUT2D eigenvalue weighted by Gasteiger charge is -2.33. The third kappa shape index (κ3) is 6.09. The van der Waals surface area contributed by atoms with Crippen molar-refractivity contribution in [3.05, 3.63) is 108 Å². The molecule has 0 spiro atoms. The van der Waals surface area contributed by atoms with Gasteiger partial charge in [0.1, 0.15) is 6.04 Å². The Hall–Kier alpha value is -2.96. The van der Waals surface area contributed by atoms with Crippen LogP contribution in [0, 0.1) is 0 Å².